The zero-order chi connectivity index (χ0) is 19.9. The lowest BCUT2D eigenvalue weighted by Crippen LogP contribution is -2.32. The summed E-state index contributed by atoms with van der Waals surface area (Å²) in [4.78, 5) is 11.8. The molecule has 1 aliphatic heterocycles. The van der Waals surface area contributed by atoms with Crippen LogP contribution in [0.3, 0.4) is 0 Å². The first-order valence-electron chi connectivity index (χ1n) is 10.3. The van der Waals surface area contributed by atoms with Crippen molar-refractivity contribution in [3.8, 4) is 6.07 Å². The molecule has 0 amide bonds. The van der Waals surface area contributed by atoms with Gasteiger partial charge in [0.15, 0.2) is 0 Å². The molecule has 3 rings (SSSR count). The number of hydrogen-bond acceptors (Lipinski definition) is 6. The SMILES string of the molecule is CCCCc1cc(N2CCC(NCC)C2)nc(Nc2ccc(C)c(C#N)c2)n1.Cl.Cl. The number of likely N-dealkylation sites (N-methyl/N-ethyl adjacent to an activating group) is 1. The van der Waals surface area contributed by atoms with Crippen LogP contribution < -0.4 is 15.5 Å². The number of aromatic nitrogens is 2. The molecule has 1 aromatic heterocycles. The van der Waals surface area contributed by atoms with Crippen molar-refractivity contribution in [1.29, 1.82) is 5.26 Å². The van der Waals surface area contributed by atoms with Gasteiger partial charge in [-0.05, 0) is 50.4 Å². The van der Waals surface area contributed by atoms with Gasteiger partial charge in [-0.25, -0.2) is 4.98 Å². The summed E-state index contributed by atoms with van der Waals surface area (Å²) in [5, 5.41) is 16.1. The molecule has 30 heavy (non-hydrogen) atoms. The van der Waals surface area contributed by atoms with E-state index < -0.39 is 0 Å². The molecule has 2 N–H and O–H groups in total. The molecule has 0 aliphatic carbocycles. The van der Waals surface area contributed by atoms with E-state index in [9.17, 15) is 5.26 Å². The maximum Gasteiger partial charge on any atom is 0.229 e. The number of nitrogens with zero attached hydrogens (tertiary/aromatic N) is 4. The maximum absolute atomic E-state index is 9.28. The largest absolute Gasteiger partial charge is 0.355 e. The Labute approximate surface area is 192 Å². The van der Waals surface area contributed by atoms with Crippen LogP contribution in [-0.4, -0.2) is 35.6 Å². The molecule has 0 bridgehead atoms. The second-order valence-electron chi connectivity index (χ2n) is 7.40. The number of anilines is 3. The lowest BCUT2D eigenvalue weighted by Gasteiger charge is -2.19. The molecule has 2 heterocycles. The zero-order valence-electron chi connectivity index (χ0n) is 17.9. The van der Waals surface area contributed by atoms with Gasteiger partial charge in [0.2, 0.25) is 5.95 Å². The van der Waals surface area contributed by atoms with Crippen LogP contribution in [0.5, 0.6) is 0 Å². The van der Waals surface area contributed by atoms with Crippen LogP contribution in [0, 0.1) is 18.3 Å². The van der Waals surface area contributed by atoms with Gasteiger partial charge in [0, 0.05) is 36.6 Å². The van der Waals surface area contributed by atoms with Crippen LogP contribution in [0.25, 0.3) is 0 Å². The second-order valence-corrected chi connectivity index (χ2v) is 7.40. The van der Waals surface area contributed by atoms with Crippen LogP contribution in [0.15, 0.2) is 24.3 Å². The number of nitriles is 1. The van der Waals surface area contributed by atoms with Gasteiger partial charge in [-0.3, -0.25) is 0 Å². The Bertz CT molecular complexity index is 852. The number of hydrogen-bond donors (Lipinski definition) is 2. The Hall–Kier alpha value is -2.07. The van der Waals surface area contributed by atoms with E-state index in [1.165, 1.54) is 0 Å². The Morgan fingerprint density at radius 1 is 1.20 bits per heavy atom. The molecule has 0 radical (unpaired) electrons. The van der Waals surface area contributed by atoms with Crippen molar-refractivity contribution in [2.24, 2.45) is 0 Å². The lowest BCUT2D eigenvalue weighted by atomic mass is 10.1. The Morgan fingerprint density at radius 2 is 2.00 bits per heavy atom. The summed E-state index contributed by atoms with van der Waals surface area (Å²) in [7, 11) is 0. The summed E-state index contributed by atoms with van der Waals surface area (Å²) in [5.41, 5.74) is 3.54. The van der Waals surface area contributed by atoms with E-state index in [0.29, 0.717) is 17.6 Å². The molecule has 1 unspecified atom stereocenters. The van der Waals surface area contributed by atoms with Crippen molar-refractivity contribution in [2.45, 2.75) is 52.5 Å². The molecule has 6 nitrogen and oxygen atoms in total. The highest BCUT2D eigenvalue weighted by Gasteiger charge is 2.23. The van der Waals surface area contributed by atoms with Crippen molar-refractivity contribution in [3.63, 3.8) is 0 Å². The summed E-state index contributed by atoms with van der Waals surface area (Å²) >= 11 is 0. The molecule has 0 spiro atoms. The van der Waals surface area contributed by atoms with Crippen LogP contribution in [0.1, 0.15) is 49.9 Å². The average Bonchev–Trinajstić information content (AvgIpc) is 3.17. The monoisotopic (exact) mass is 450 g/mol. The summed E-state index contributed by atoms with van der Waals surface area (Å²) in [5.74, 6) is 1.58. The minimum absolute atomic E-state index is 0. The van der Waals surface area contributed by atoms with Gasteiger partial charge in [-0.15, -0.1) is 24.8 Å². The van der Waals surface area contributed by atoms with Crippen molar-refractivity contribution in [3.05, 3.63) is 41.1 Å². The van der Waals surface area contributed by atoms with Gasteiger partial charge < -0.3 is 15.5 Å². The molecule has 0 saturated carbocycles. The number of benzene rings is 1. The standard InChI is InChI=1S/C22H30N6.2ClH/c1-4-6-7-18-13-21(28-11-10-20(15-28)24-5-2)27-22(25-18)26-19-9-8-16(3)17(12-19)14-23;;/h8-9,12-13,20,24H,4-7,10-11,15H2,1-3H3,(H,25,26,27);2*1H. The fourth-order valence-corrected chi connectivity index (χ4v) is 3.56. The molecule has 1 atom stereocenters. The third kappa shape index (κ3) is 6.73. The smallest absolute Gasteiger partial charge is 0.229 e. The first kappa shape index (κ1) is 26.0. The quantitative estimate of drug-likeness (QED) is 0.602. The van der Waals surface area contributed by atoms with E-state index in [-0.39, 0.29) is 24.8 Å². The molecule has 8 heteroatoms. The number of aryl methyl sites for hydroxylation is 2. The van der Waals surface area contributed by atoms with Gasteiger partial charge in [0.25, 0.3) is 0 Å². The average molecular weight is 451 g/mol. The zero-order valence-corrected chi connectivity index (χ0v) is 19.6. The molecule has 1 saturated heterocycles. The fourth-order valence-electron chi connectivity index (χ4n) is 3.56. The van der Waals surface area contributed by atoms with Gasteiger partial charge >= 0.3 is 0 Å². The van der Waals surface area contributed by atoms with Crippen LogP contribution >= 0.6 is 24.8 Å². The molecule has 1 fully saturated rings. The Kier molecular flexibility index (Phi) is 10.9. The third-order valence-corrected chi connectivity index (χ3v) is 5.17. The molecule has 164 valence electrons. The van der Waals surface area contributed by atoms with Crippen LogP contribution in [0.4, 0.5) is 17.5 Å². The maximum atomic E-state index is 9.28. The van der Waals surface area contributed by atoms with Crippen molar-refractivity contribution in [1.82, 2.24) is 15.3 Å². The Balaban J connectivity index is 0.00000225. The predicted octanol–water partition coefficient (Wildman–Crippen LogP) is 4.77. The highest BCUT2D eigenvalue weighted by atomic mass is 35.5. The van der Waals surface area contributed by atoms with E-state index in [0.717, 1.165) is 68.1 Å². The van der Waals surface area contributed by atoms with Gasteiger partial charge in [0.1, 0.15) is 5.82 Å². The van der Waals surface area contributed by atoms with Crippen LogP contribution in [-0.2, 0) is 6.42 Å². The molecular formula is C22H32Cl2N6. The van der Waals surface area contributed by atoms with Gasteiger partial charge in [-0.2, -0.15) is 10.2 Å². The molecular weight excluding hydrogens is 419 g/mol. The van der Waals surface area contributed by atoms with Crippen molar-refractivity contribution < 1.29 is 0 Å². The minimum atomic E-state index is 0. The van der Waals surface area contributed by atoms with Crippen molar-refractivity contribution >= 4 is 42.3 Å². The number of halogens is 2. The first-order chi connectivity index (χ1) is 13.6. The topological polar surface area (TPSA) is 76.9 Å². The van der Waals surface area contributed by atoms with Crippen molar-refractivity contribution in [2.75, 3.05) is 29.9 Å². The summed E-state index contributed by atoms with van der Waals surface area (Å²) in [6.45, 7) is 9.25. The summed E-state index contributed by atoms with van der Waals surface area (Å²) < 4.78 is 0. The van der Waals surface area contributed by atoms with E-state index in [2.05, 4.69) is 41.5 Å². The normalized spacial score (nSPS) is 15.1. The fraction of sp³-hybridized carbons (Fsp3) is 0.500. The summed E-state index contributed by atoms with van der Waals surface area (Å²) in [6.07, 6.45) is 4.33. The van der Waals surface area contributed by atoms with Gasteiger partial charge in [-0.1, -0.05) is 26.3 Å². The van der Waals surface area contributed by atoms with E-state index in [1.807, 2.05) is 25.1 Å². The number of rotatable bonds is 8. The second kappa shape index (κ2) is 12.6. The molecule has 1 aromatic carbocycles. The van der Waals surface area contributed by atoms with E-state index in [4.69, 9.17) is 9.97 Å². The van der Waals surface area contributed by atoms with E-state index >= 15 is 0 Å². The summed E-state index contributed by atoms with van der Waals surface area (Å²) in [6, 6.07) is 10.7. The third-order valence-electron chi connectivity index (χ3n) is 5.17. The predicted molar refractivity (Wildman–Crippen MR) is 129 cm³/mol. The molecule has 2 aromatic rings. The van der Waals surface area contributed by atoms with Gasteiger partial charge in [0.05, 0.1) is 11.6 Å². The number of nitrogens with one attached hydrogen (secondary N) is 2. The Morgan fingerprint density at radius 3 is 2.70 bits per heavy atom. The first-order valence-corrected chi connectivity index (χ1v) is 10.3. The number of unbranched alkanes of at least 4 members (excludes halogenated alkanes) is 1. The highest BCUT2D eigenvalue weighted by molar-refractivity contribution is 5.85. The lowest BCUT2D eigenvalue weighted by molar-refractivity contribution is 0.571. The van der Waals surface area contributed by atoms with Crippen LogP contribution in [0.2, 0.25) is 0 Å². The van der Waals surface area contributed by atoms with E-state index in [1.54, 1.807) is 0 Å². The highest BCUT2D eigenvalue weighted by Crippen LogP contribution is 2.24. The molecule has 1 aliphatic rings. The minimum Gasteiger partial charge on any atom is -0.355 e.